The van der Waals surface area contributed by atoms with Gasteiger partial charge in [-0.2, -0.15) is 13.2 Å². The monoisotopic (exact) mass is 534 g/mol. The second kappa shape index (κ2) is 10.2. The van der Waals surface area contributed by atoms with Crippen molar-refractivity contribution >= 4 is 23.4 Å². The molecule has 2 N–H and O–H groups in total. The van der Waals surface area contributed by atoms with Crippen molar-refractivity contribution in [2.45, 2.75) is 106 Å². The molecule has 1 aliphatic carbocycles. The van der Waals surface area contributed by atoms with E-state index < -0.39 is 30.1 Å². The van der Waals surface area contributed by atoms with Crippen molar-refractivity contribution in [2.24, 2.45) is 5.92 Å². The Kier molecular flexibility index (Phi) is 7.50. The number of alkyl halides is 4. The van der Waals surface area contributed by atoms with Gasteiger partial charge >= 0.3 is 6.18 Å². The number of likely N-dealkylation sites (tertiary alicyclic amines) is 2. The SMILES string of the molecule is CN1C(=O)CC[C@@H]1C(=O)N(C)[C@@H](C1CCC(N2CCCC3C2CNC2CC(Cl)NN23)CC1)C(F)(F)F. The number of amides is 2. The first-order valence-electron chi connectivity index (χ1n) is 13.3. The van der Waals surface area contributed by atoms with Gasteiger partial charge in [0.1, 0.15) is 12.1 Å². The molecule has 1 saturated carbocycles. The normalized spacial score (nSPS) is 39.1. The van der Waals surface area contributed by atoms with Crippen molar-refractivity contribution < 1.29 is 22.8 Å². The van der Waals surface area contributed by atoms with Crippen LogP contribution in [0.15, 0.2) is 0 Å². The van der Waals surface area contributed by atoms with Gasteiger partial charge in [-0.25, -0.2) is 10.4 Å². The standard InChI is InChI=1S/C24H38ClF3N6O2/c1-31-17(9-10-21(31)35)23(36)32(2)22(24(26,27)28)14-5-7-15(8-6-14)33-11-3-4-16-18(33)13-29-20-12-19(25)30-34(16)20/h14-20,22,29-30H,3-13H2,1-2H3/t14?,15?,16?,17-,18?,19?,20?,22+/m1/s1. The minimum atomic E-state index is -4.51. The van der Waals surface area contributed by atoms with Gasteiger partial charge in [0.25, 0.3) is 0 Å². The van der Waals surface area contributed by atoms with Gasteiger partial charge in [0.05, 0.1) is 11.7 Å². The number of nitrogens with zero attached hydrogens (tertiary/aromatic N) is 4. The number of piperidine rings is 1. The summed E-state index contributed by atoms with van der Waals surface area (Å²) in [6, 6.07) is -1.72. The number of hydrogen-bond donors (Lipinski definition) is 2. The predicted molar refractivity (Wildman–Crippen MR) is 129 cm³/mol. The molecule has 204 valence electrons. The maximum atomic E-state index is 14.3. The molecule has 5 aliphatic rings. The summed E-state index contributed by atoms with van der Waals surface area (Å²) in [5.74, 6) is -1.44. The van der Waals surface area contributed by atoms with Gasteiger partial charge in [-0.15, -0.1) is 11.6 Å². The minimum absolute atomic E-state index is 0.0757. The molecule has 0 bridgehead atoms. The maximum absolute atomic E-state index is 14.3. The van der Waals surface area contributed by atoms with Crippen LogP contribution in [0.2, 0.25) is 0 Å². The van der Waals surface area contributed by atoms with Crippen molar-refractivity contribution in [3.63, 3.8) is 0 Å². The highest BCUT2D eigenvalue weighted by atomic mass is 35.5. The largest absolute Gasteiger partial charge is 0.409 e. The molecule has 4 aliphatic heterocycles. The van der Waals surface area contributed by atoms with E-state index in [9.17, 15) is 22.8 Å². The van der Waals surface area contributed by atoms with E-state index in [1.165, 1.54) is 19.0 Å². The number of rotatable bonds is 4. The highest BCUT2D eigenvalue weighted by Gasteiger charge is 2.52. The lowest BCUT2D eigenvalue weighted by molar-refractivity contribution is -0.203. The van der Waals surface area contributed by atoms with Gasteiger partial charge in [-0.3, -0.25) is 19.8 Å². The second-order valence-corrected chi connectivity index (χ2v) is 11.8. The Morgan fingerprint density at radius 3 is 2.50 bits per heavy atom. The zero-order chi connectivity index (χ0) is 25.8. The van der Waals surface area contributed by atoms with Crippen LogP contribution in [0, 0.1) is 5.92 Å². The van der Waals surface area contributed by atoms with Gasteiger partial charge in [-0.1, -0.05) is 0 Å². The Morgan fingerprint density at radius 1 is 1.14 bits per heavy atom. The summed E-state index contributed by atoms with van der Waals surface area (Å²) in [7, 11) is 2.76. The molecule has 0 aromatic heterocycles. The molecule has 0 spiro atoms. The van der Waals surface area contributed by atoms with Gasteiger partial charge in [0.15, 0.2) is 0 Å². The summed E-state index contributed by atoms with van der Waals surface area (Å²) in [6.07, 6.45) is 1.46. The van der Waals surface area contributed by atoms with Crippen LogP contribution in [0.1, 0.15) is 57.8 Å². The van der Waals surface area contributed by atoms with Crippen molar-refractivity contribution in [2.75, 3.05) is 27.2 Å². The minimum Gasteiger partial charge on any atom is -0.334 e. The first-order valence-corrected chi connectivity index (χ1v) is 13.8. The Balaban J connectivity index is 1.23. The van der Waals surface area contributed by atoms with E-state index >= 15 is 0 Å². The number of carbonyl (C=O) groups is 2. The summed E-state index contributed by atoms with van der Waals surface area (Å²) in [5, 5.41) is 5.88. The molecule has 12 heteroatoms. The Morgan fingerprint density at radius 2 is 1.86 bits per heavy atom. The van der Waals surface area contributed by atoms with Crippen LogP contribution in [0.3, 0.4) is 0 Å². The van der Waals surface area contributed by atoms with Crippen LogP contribution in [0.4, 0.5) is 13.2 Å². The molecule has 4 saturated heterocycles. The molecular weight excluding hydrogens is 497 g/mol. The van der Waals surface area contributed by atoms with Crippen LogP contribution in [-0.2, 0) is 9.59 Å². The average molecular weight is 535 g/mol. The topological polar surface area (TPSA) is 71.2 Å². The number of hydrazine groups is 1. The fourth-order valence-corrected chi connectivity index (χ4v) is 7.77. The Hall–Kier alpha value is -1.14. The molecule has 0 aromatic rings. The number of likely N-dealkylation sites (N-methyl/N-ethyl adjacent to an activating group) is 2. The van der Waals surface area contributed by atoms with Crippen LogP contribution >= 0.6 is 11.6 Å². The molecule has 4 heterocycles. The molecule has 0 radical (unpaired) electrons. The lowest BCUT2D eigenvalue weighted by Crippen LogP contribution is -2.70. The van der Waals surface area contributed by atoms with E-state index in [2.05, 4.69) is 20.7 Å². The molecule has 2 amide bonds. The van der Waals surface area contributed by atoms with E-state index in [0.717, 1.165) is 37.3 Å². The molecular formula is C24H38ClF3N6O2. The third kappa shape index (κ3) is 4.86. The zero-order valence-electron chi connectivity index (χ0n) is 21.0. The van der Waals surface area contributed by atoms with Gasteiger partial charge in [-0.05, 0) is 57.4 Å². The van der Waals surface area contributed by atoms with E-state index in [-0.39, 0.29) is 36.5 Å². The molecule has 4 unspecified atom stereocenters. The zero-order valence-corrected chi connectivity index (χ0v) is 21.8. The fraction of sp³-hybridized carbons (Fsp3) is 0.917. The second-order valence-electron chi connectivity index (χ2n) is 11.2. The van der Waals surface area contributed by atoms with Gasteiger partial charge in [0.2, 0.25) is 11.8 Å². The van der Waals surface area contributed by atoms with Crippen molar-refractivity contribution in [3.05, 3.63) is 0 Å². The van der Waals surface area contributed by atoms with Crippen LogP contribution in [-0.4, -0.2) is 107 Å². The molecule has 6 atom stereocenters. The predicted octanol–water partition coefficient (Wildman–Crippen LogP) is 2.09. The van der Waals surface area contributed by atoms with E-state index in [1.807, 2.05) is 0 Å². The number of carbonyl (C=O) groups excluding carboxylic acids is 2. The number of fused-ring (bicyclic) bond motifs is 3. The third-order valence-corrected chi connectivity index (χ3v) is 9.57. The van der Waals surface area contributed by atoms with Crippen LogP contribution in [0.5, 0.6) is 0 Å². The Bertz CT molecular complexity index is 841. The van der Waals surface area contributed by atoms with E-state index in [0.29, 0.717) is 37.8 Å². The van der Waals surface area contributed by atoms with Crippen molar-refractivity contribution in [1.82, 2.24) is 30.5 Å². The number of halogens is 4. The highest BCUT2D eigenvalue weighted by molar-refractivity contribution is 6.20. The van der Waals surface area contributed by atoms with Gasteiger partial charge < -0.3 is 9.80 Å². The average Bonchev–Trinajstić information content (AvgIpc) is 3.39. The molecule has 5 rings (SSSR count). The fourth-order valence-electron chi connectivity index (χ4n) is 7.49. The van der Waals surface area contributed by atoms with Gasteiger partial charge in [0, 0.05) is 51.6 Å². The van der Waals surface area contributed by atoms with E-state index in [4.69, 9.17) is 11.6 Å². The van der Waals surface area contributed by atoms with Crippen LogP contribution < -0.4 is 10.7 Å². The Labute approximate surface area is 215 Å². The van der Waals surface area contributed by atoms with E-state index in [1.54, 1.807) is 0 Å². The summed E-state index contributed by atoms with van der Waals surface area (Å²) >= 11 is 6.34. The first-order chi connectivity index (χ1) is 17.1. The first kappa shape index (κ1) is 26.5. The van der Waals surface area contributed by atoms with Crippen molar-refractivity contribution in [3.8, 4) is 0 Å². The summed E-state index contributed by atoms with van der Waals surface area (Å²) in [4.78, 5) is 29.6. The summed E-state index contributed by atoms with van der Waals surface area (Å²) < 4.78 is 42.9. The molecule has 0 aromatic carbocycles. The smallest absolute Gasteiger partial charge is 0.334 e. The molecule has 8 nitrogen and oxygen atoms in total. The summed E-state index contributed by atoms with van der Waals surface area (Å²) in [6.45, 7) is 1.83. The third-order valence-electron chi connectivity index (χ3n) is 9.30. The van der Waals surface area contributed by atoms with Crippen molar-refractivity contribution in [1.29, 1.82) is 0 Å². The van der Waals surface area contributed by atoms with Crippen LogP contribution in [0.25, 0.3) is 0 Å². The molecule has 36 heavy (non-hydrogen) atoms. The lowest BCUT2D eigenvalue weighted by atomic mass is 9.78. The number of nitrogens with one attached hydrogen (secondary N) is 2. The lowest BCUT2D eigenvalue weighted by Gasteiger charge is -2.53. The quantitative estimate of drug-likeness (QED) is 0.425. The highest BCUT2D eigenvalue weighted by Crippen LogP contribution is 2.41. The summed E-state index contributed by atoms with van der Waals surface area (Å²) in [5.41, 5.74) is 3.32. The maximum Gasteiger partial charge on any atom is 0.409 e. The number of hydrogen-bond acceptors (Lipinski definition) is 6. The molecule has 5 fully saturated rings.